The van der Waals surface area contributed by atoms with Crippen molar-refractivity contribution in [2.45, 2.75) is 45.7 Å². The van der Waals surface area contributed by atoms with Crippen LogP contribution in [0.2, 0.25) is 0 Å². The summed E-state index contributed by atoms with van der Waals surface area (Å²) < 4.78 is 5.71. The molecule has 96 valence electrons. The molecular weight excluding hydrogens is 212 g/mol. The molecule has 3 nitrogen and oxygen atoms in total. The molecule has 0 saturated carbocycles. The Bertz CT molecular complexity index is 348. The highest BCUT2D eigenvalue weighted by atomic mass is 16.3. The van der Waals surface area contributed by atoms with Gasteiger partial charge in [0.15, 0.2) is 0 Å². The summed E-state index contributed by atoms with van der Waals surface area (Å²) in [6.07, 6.45) is 2.47. The highest BCUT2D eigenvalue weighted by Crippen LogP contribution is 2.25. The van der Waals surface area contributed by atoms with E-state index >= 15 is 0 Å². The Balaban J connectivity index is 1.87. The third kappa shape index (κ3) is 3.11. The molecule has 0 spiro atoms. The van der Waals surface area contributed by atoms with E-state index in [1.807, 2.05) is 6.92 Å². The summed E-state index contributed by atoms with van der Waals surface area (Å²) in [5.41, 5.74) is 0. The van der Waals surface area contributed by atoms with E-state index in [9.17, 15) is 0 Å². The van der Waals surface area contributed by atoms with Gasteiger partial charge >= 0.3 is 0 Å². The van der Waals surface area contributed by atoms with Crippen molar-refractivity contribution in [3.63, 3.8) is 0 Å². The van der Waals surface area contributed by atoms with Crippen LogP contribution in [0.25, 0.3) is 0 Å². The van der Waals surface area contributed by atoms with Gasteiger partial charge in [0.05, 0.1) is 6.04 Å². The summed E-state index contributed by atoms with van der Waals surface area (Å²) in [6, 6.07) is 5.22. The van der Waals surface area contributed by atoms with Crippen LogP contribution >= 0.6 is 0 Å². The second kappa shape index (κ2) is 5.69. The van der Waals surface area contributed by atoms with E-state index in [1.54, 1.807) is 0 Å². The largest absolute Gasteiger partial charge is 0.465 e. The third-order valence-corrected chi connectivity index (χ3v) is 3.62. The van der Waals surface area contributed by atoms with E-state index in [0.29, 0.717) is 12.1 Å². The van der Waals surface area contributed by atoms with Gasteiger partial charge in [0.25, 0.3) is 0 Å². The molecule has 1 aliphatic heterocycles. The predicted molar refractivity (Wildman–Crippen MR) is 70.1 cm³/mol. The lowest BCUT2D eigenvalue weighted by atomic mass is 10.2. The van der Waals surface area contributed by atoms with Gasteiger partial charge in [0.1, 0.15) is 11.5 Å². The van der Waals surface area contributed by atoms with Gasteiger partial charge in [-0.3, -0.25) is 4.90 Å². The highest BCUT2D eigenvalue weighted by Gasteiger charge is 2.27. The zero-order valence-electron chi connectivity index (χ0n) is 11.2. The summed E-state index contributed by atoms with van der Waals surface area (Å²) in [5, 5.41) is 3.60. The quantitative estimate of drug-likeness (QED) is 0.852. The monoisotopic (exact) mass is 236 g/mol. The van der Waals surface area contributed by atoms with Crippen molar-refractivity contribution in [3.05, 3.63) is 23.7 Å². The standard InChI is InChI=1S/C14H24N2O/c1-4-8-15-13-7-9-16(10-13)12(3)14-6-5-11(2)17-14/h5-6,12-13,15H,4,7-10H2,1-3H3. The molecule has 0 amide bonds. The lowest BCUT2D eigenvalue weighted by molar-refractivity contribution is 0.224. The average molecular weight is 236 g/mol. The first kappa shape index (κ1) is 12.7. The molecular formula is C14H24N2O. The molecule has 2 rings (SSSR count). The van der Waals surface area contributed by atoms with Crippen LogP contribution < -0.4 is 5.32 Å². The van der Waals surface area contributed by atoms with Gasteiger partial charge < -0.3 is 9.73 Å². The van der Waals surface area contributed by atoms with E-state index in [4.69, 9.17) is 4.42 Å². The molecule has 0 radical (unpaired) electrons. The van der Waals surface area contributed by atoms with Crippen LogP contribution in [0.5, 0.6) is 0 Å². The Labute approximate surface area is 104 Å². The van der Waals surface area contributed by atoms with Crippen molar-refractivity contribution >= 4 is 0 Å². The number of aryl methyl sites for hydroxylation is 1. The van der Waals surface area contributed by atoms with Crippen LogP contribution in [0.4, 0.5) is 0 Å². The molecule has 0 aliphatic carbocycles. The van der Waals surface area contributed by atoms with Crippen LogP contribution in [-0.2, 0) is 0 Å². The number of likely N-dealkylation sites (tertiary alicyclic amines) is 1. The molecule has 0 bridgehead atoms. The Morgan fingerprint density at radius 2 is 2.35 bits per heavy atom. The Kier molecular flexibility index (Phi) is 4.24. The molecule has 2 heterocycles. The molecule has 1 fully saturated rings. The van der Waals surface area contributed by atoms with Gasteiger partial charge in [-0.05, 0) is 45.4 Å². The van der Waals surface area contributed by atoms with Crippen molar-refractivity contribution in [1.82, 2.24) is 10.2 Å². The Morgan fingerprint density at radius 3 is 3.00 bits per heavy atom. The molecule has 2 atom stereocenters. The van der Waals surface area contributed by atoms with E-state index in [2.05, 4.69) is 36.2 Å². The Hall–Kier alpha value is -0.800. The molecule has 17 heavy (non-hydrogen) atoms. The molecule has 2 unspecified atom stereocenters. The van der Waals surface area contributed by atoms with E-state index < -0.39 is 0 Å². The van der Waals surface area contributed by atoms with E-state index in [1.165, 1.54) is 19.4 Å². The fourth-order valence-electron chi connectivity index (χ4n) is 2.51. The summed E-state index contributed by atoms with van der Waals surface area (Å²) in [4.78, 5) is 2.51. The topological polar surface area (TPSA) is 28.4 Å². The van der Waals surface area contributed by atoms with Crippen molar-refractivity contribution in [2.75, 3.05) is 19.6 Å². The van der Waals surface area contributed by atoms with Gasteiger partial charge in [-0.2, -0.15) is 0 Å². The maximum absolute atomic E-state index is 5.71. The highest BCUT2D eigenvalue weighted by molar-refractivity contribution is 5.09. The maximum atomic E-state index is 5.71. The van der Waals surface area contributed by atoms with Gasteiger partial charge in [0.2, 0.25) is 0 Å². The van der Waals surface area contributed by atoms with Gasteiger partial charge in [-0.25, -0.2) is 0 Å². The van der Waals surface area contributed by atoms with Crippen molar-refractivity contribution in [2.24, 2.45) is 0 Å². The smallest absolute Gasteiger partial charge is 0.121 e. The second-order valence-corrected chi connectivity index (χ2v) is 5.06. The minimum absolute atomic E-state index is 0.400. The van der Waals surface area contributed by atoms with Crippen molar-refractivity contribution in [1.29, 1.82) is 0 Å². The zero-order valence-corrected chi connectivity index (χ0v) is 11.2. The molecule has 1 aromatic rings. The predicted octanol–water partition coefficient (Wildman–Crippen LogP) is 2.72. The van der Waals surface area contributed by atoms with Crippen LogP contribution in [-0.4, -0.2) is 30.6 Å². The van der Waals surface area contributed by atoms with Crippen LogP contribution in [0.3, 0.4) is 0 Å². The lowest BCUT2D eigenvalue weighted by Gasteiger charge is -2.22. The molecule has 0 aromatic carbocycles. The first-order chi connectivity index (χ1) is 8.20. The summed E-state index contributed by atoms with van der Waals surface area (Å²) in [5.74, 6) is 2.10. The van der Waals surface area contributed by atoms with Crippen LogP contribution in [0.15, 0.2) is 16.5 Å². The van der Waals surface area contributed by atoms with Gasteiger partial charge in [-0.15, -0.1) is 0 Å². The van der Waals surface area contributed by atoms with Gasteiger partial charge in [-0.1, -0.05) is 6.92 Å². The van der Waals surface area contributed by atoms with Crippen LogP contribution in [0, 0.1) is 6.92 Å². The summed E-state index contributed by atoms with van der Waals surface area (Å²) >= 11 is 0. The Morgan fingerprint density at radius 1 is 1.53 bits per heavy atom. The van der Waals surface area contributed by atoms with Crippen molar-refractivity contribution in [3.8, 4) is 0 Å². The molecule has 1 saturated heterocycles. The summed E-state index contributed by atoms with van der Waals surface area (Å²) in [7, 11) is 0. The van der Waals surface area contributed by atoms with Gasteiger partial charge in [0, 0.05) is 19.1 Å². The normalized spacial score (nSPS) is 23.1. The number of rotatable bonds is 5. The molecule has 1 N–H and O–H groups in total. The number of furan rings is 1. The number of nitrogens with zero attached hydrogens (tertiary/aromatic N) is 1. The van der Waals surface area contributed by atoms with E-state index in [0.717, 1.165) is 24.6 Å². The van der Waals surface area contributed by atoms with E-state index in [-0.39, 0.29) is 0 Å². The fourth-order valence-corrected chi connectivity index (χ4v) is 2.51. The lowest BCUT2D eigenvalue weighted by Crippen LogP contribution is -2.33. The first-order valence-corrected chi connectivity index (χ1v) is 6.74. The minimum atomic E-state index is 0.400. The SMILES string of the molecule is CCCNC1CCN(C(C)c2ccc(C)o2)C1. The average Bonchev–Trinajstić information content (AvgIpc) is 2.94. The number of nitrogens with one attached hydrogen (secondary N) is 1. The zero-order chi connectivity index (χ0) is 12.3. The minimum Gasteiger partial charge on any atom is -0.465 e. The molecule has 1 aliphatic rings. The molecule has 1 aromatic heterocycles. The van der Waals surface area contributed by atoms with Crippen LogP contribution in [0.1, 0.15) is 44.3 Å². The summed E-state index contributed by atoms with van der Waals surface area (Å²) in [6.45, 7) is 9.90. The molecule has 3 heteroatoms. The second-order valence-electron chi connectivity index (χ2n) is 5.06. The number of hydrogen-bond acceptors (Lipinski definition) is 3. The fraction of sp³-hybridized carbons (Fsp3) is 0.714. The third-order valence-electron chi connectivity index (χ3n) is 3.62. The maximum Gasteiger partial charge on any atom is 0.121 e. The number of hydrogen-bond donors (Lipinski definition) is 1. The first-order valence-electron chi connectivity index (χ1n) is 6.74. The van der Waals surface area contributed by atoms with Crippen molar-refractivity contribution < 1.29 is 4.42 Å².